The van der Waals surface area contributed by atoms with E-state index in [1.165, 1.54) is 17.2 Å². The highest BCUT2D eigenvalue weighted by Gasteiger charge is 2.46. The smallest absolute Gasteiger partial charge is 0.167 e. The van der Waals surface area contributed by atoms with E-state index in [0.29, 0.717) is 22.7 Å². The maximum atomic E-state index is 10.7. The monoisotopic (exact) mass is 398 g/mol. The average molecular weight is 398 g/mol. The van der Waals surface area contributed by atoms with Crippen LogP contribution in [0.1, 0.15) is 12.6 Å². The summed E-state index contributed by atoms with van der Waals surface area (Å²) >= 11 is 0. The molecule has 6 atom stereocenters. The molecule has 3 heterocycles. The Bertz CT molecular complexity index is 819. The highest BCUT2D eigenvalue weighted by Crippen LogP contribution is 2.32. The Morgan fingerprint density at radius 2 is 2.15 bits per heavy atom. The fourth-order valence-corrected chi connectivity index (χ4v) is 4.62. The Balaban J connectivity index is 1.68. The van der Waals surface area contributed by atoms with Gasteiger partial charge in [0.2, 0.25) is 0 Å². The second kappa shape index (κ2) is 7.94. The number of nitrogen functional groups attached to an aromatic ring is 1. The Morgan fingerprint density at radius 1 is 1.41 bits per heavy atom. The maximum absolute atomic E-state index is 10.7. The van der Waals surface area contributed by atoms with Crippen LogP contribution in [0, 0.1) is 0 Å². The largest absolute Gasteiger partial charge is 0.548 e. The van der Waals surface area contributed by atoms with Gasteiger partial charge in [-0.1, -0.05) is 0 Å². The SMILES string of the molecule is C[S+](CC[C@H](N)C(=O)[O-])C[C@H]1O[C@@H](n2cnc3c(N)ncnc32)[C@H](O)[C@H]1O. The number of carbonyl (C=O) groups is 1. The number of carboxylic acid groups (broad SMARTS) is 1. The molecular weight excluding hydrogens is 376 g/mol. The summed E-state index contributed by atoms with van der Waals surface area (Å²) in [5.74, 6) is -0.0611. The number of rotatable bonds is 7. The van der Waals surface area contributed by atoms with Gasteiger partial charge in [-0.25, -0.2) is 15.0 Å². The molecule has 0 aromatic carbocycles. The Labute approximate surface area is 157 Å². The fraction of sp³-hybridized carbons (Fsp3) is 0.600. The van der Waals surface area contributed by atoms with E-state index in [1.54, 1.807) is 0 Å². The van der Waals surface area contributed by atoms with Crippen LogP contribution in [-0.2, 0) is 20.4 Å². The normalized spacial score (nSPS) is 27.7. The molecule has 1 saturated heterocycles. The number of hydrogen-bond acceptors (Lipinski definition) is 10. The van der Waals surface area contributed by atoms with Gasteiger partial charge >= 0.3 is 0 Å². The third kappa shape index (κ3) is 3.99. The van der Waals surface area contributed by atoms with E-state index in [-0.39, 0.29) is 23.1 Å². The molecule has 0 aliphatic carbocycles. The van der Waals surface area contributed by atoms with Crippen LogP contribution in [0.3, 0.4) is 0 Å². The highest BCUT2D eigenvalue weighted by atomic mass is 32.2. The number of aliphatic carboxylic acids is 1. The fourth-order valence-electron chi connectivity index (χ4n) is 2.96. The van der Waals surface area contributed by atoms with Crippen LogP contribution in [0.2, 0.25) is 0 Å². The number of hydrogen-bond donors (Lipinski definition) is 4. The first-order valence-corrected chi connectivity index (χ1v) is 10.3. The van der Waals surface area contributed by atoms with Crippen LogP contribution >= 0.6 is 0 Å². The average Bonchev–Trinajstić information content (AvgIpc) is 3.17. The van der Waals surface area contributed by atoms with Crippen molar-refractivity contribution in [2.24, 2.45) is 5.73 Å². The number of aliphatic hydroxyl groups is 2. The zero-order valence-corrected chi connectivity index (χ0v) is 15.5. The van der Waals surface area contributed by atoms with Gasteiger partial charge in [-0.3, -0.25) is 4.57 Å². The van der Waals surface area contributed by atoms with Crippen LogP contribution in [-0.4, -0.2) is 77.8 Å². The van der Waals surface area contributed by atoms with E-state index in [2.05, 4.69) is 15.0 Å². The molecule has 1 aliphatic rings. The lowest BCUT2D eigenvalue weighted by atomic mass is 10.1. The number of aliphatic hydroxyl groups excluding tert-OH is 2. The number of nitrogens with two attached hydrogens (primary N) is 2. The molecule has 1 aliphatic heterocycles. The number of ether oxygens (including phenoxy) is 1. The Hall–Kier alpha value is -1.99. The minimum Gasteiger partial charge on any atom is -0.548 e. The van der Waals surface area contributed by atoms with E-state index >= 15 is 0 Å². The van der Waals surface area contributed by atoms with Crippen molar-refractivity contribution >= 4 is 33.8 Å². The molecule has 0 radical (unpaired) electrons. The number of carbonyl (C=O) groups excluding carboxylic acids is 1. The predicted octanol–water partition coefficient (Wildman–Crippen LogP) is -3.26. The van der Waals surface area contributed by atoms with Crippen molar-refractivity contribution in [2.75, 3.05) is 23.5 Å². The molecule has 0 spiro atoms. The first-order valence-electron chi connectivity index (χ1n) is 8.29. The van der Waals surface area contributed by atoms with Crippen molar-refractivity contribution in [3.05, 3.63) is 12.7 Å². The molecule has 0 bridgehead atoms. The molecule has 0 saturated carbocycles. The molecule has 12 heteroatoms. The van der Waals surface area contributed by atoms with Crippen LogP contribution in [0.4, 0.5) is 5.82 Å². The van der Waals surface area contributed by atoms with Crippen molar-refractivity contribution in [1.29, 1.82) is 0 Å². The molecule has 1 fully saturated rings. The molecule has 1 unspecified atom stereocenters. The van der Waals surface area contributed by atoms with E-state index < -0.39 is 36.6 Å². The molecule has 2 aromatic heterocycles. The maximum Gasteiger partial charge on any atom is 0.167 e. The number of anilines is 1. The quantitative estimate of drug-likeness (QED) is 0.345. The molecule has 148 valence electrons. The summed E-state index contributed by atoms with van der Waals surface area (Å²) in [6.45, 7) is 0. The summed E-state index contributed by atoms with van der Waals surface area (Å²) < 4.78 is 7.39. The topological polar surface area (TPSA) is 185 Å². The molecule has 11 nitrogen and oxygen atoms in total. The molecule has 0 amide bonds. The summed E-state index contributed by atoms with van der Waals surface area (Å²) in [5, 5.41) is 31.5. The number of fused-ring (bicyclic) bond motifs is 1. The zero-order valence-electron chi connectivity index (χ0n) is 14.6. The summed E-state index contributed by atoms with van der Waals surface area (Å²) in [6.07, 6.45) is 1.17. The number of nitrogens with zero attached hydrogens (tertiary/aromatic N) is 4. The Kier molecular flexibility index (Phi) is 5.81. The van der Waals surface area contributed by atoms with Gasteiger partial charge in [-0.2, -0.15) is 0 Å². The van der Waals surface area contributed by atoms with Gasteiger partial charge in [-0.15, -0.1) is 0 Å². The first-order chi connectivity index (χ1) is 12.8. The molecule has 27 heavy (non-hydrogen) atoms. The lowest BCUT2D eigenvalue weighted by molar-refractivity contribution is -0.307. The van der Waals surface area contributed by atoms with Gasteiger partial charge < -0.3 is 36.3 Å². The van der Waals surface area contributed by atoms with Crippen molar-refractivity contribution in [3.8, 4) is 0 Å². The van der Waals surface area contributed by atoms with Gasteiger partial charge in [-0.05, 0) is 10.9 Å². The number of aromatic nitrogens is 4. The van der Waals surface area contributed by atoms with E-state index in [1.807, 2.05) is 6.26 Å². The highest BCUT2D eigenvalue weighted by molar-refractivity contribution is 7.96. The van der Waals surface area contributed by atoms with Gasteiger partial charge in [0, 0.05) is 12.5 Å². The molecule has 6 N–H and O–H groups in total. The third-order valence-corrected chi connectivity index (χ3v) is 6.36. The second-order valence-corrected chi connectivity index (χ2v) is 8.80. The lowest BCUT2D eigenvalue weighted by Gasteiger charge is -2.16. The second-order valence-electron chi connectivity index (χ2n) is 6.50. The van der Waals surface area contributed by atoms with Gasteiger partial charge in [0.1, 0.15) is 41.7 Å². The summed E-state index contributed by atoms with van der Waals surface area (Å²) in [7, 11) is -0.263. The minimum atomic E-state index is -1.28. The van der Waals surface area contributed by atoms with Crippen molar-refractivity contribution in [1.82, 2.24) is 19.5 Å². The van der Waals surface area contributed by atoms with Gasteiger partial charge in [0.15, 0.2) is 17.7 Å². The van der Waals surface area contributed by atoms with Crippen LogP contribution < -0.4 is 16.6 Å². The van der Waals surface area contributed by atoms with E-state index in [0.717, 1.165) is 0 Å². The zero-order chi connectivity index (χ0) is 19.7. The molecule has 2 aromatic rings. The van der Waals surface area contributed by atoms with E-state index in [9.17, 15) is 20.1 Å². The molecule has 3 rings (SSSR count). The van der Waals surface area contributed by atoms with Crippen molar-refractivity contribution in [3.63, 3.8) is 0 Å². The summed E-state index contributed by atoms with van der Waals surface area (Å²) in [6, 6.07) is -1.02. The van der Waals surface area contributed by atoms with E-state index in [4.69, 9.17) is 16.2 Å². The third-order valence-electron chi connectivity index (χ3n) is 4.53. The minimum absolute atomic E-state index is 0.211. The standard InChI is InChI=1S/C15H22N6O5S/c1-27(3-2-7(16)15(24)25)4-8-10(22)11(23)14(26-8)21-6-20-9-12(17)18-5-19-13(9)21/h5-8,10-11,14,22-23H,2-4,16H2,1H3,(H2-,17,18,19,24,25)/t7-,8+,10-,11+,14+,27?/m0/s1. The van der Waals surface area contributed by atoms with Gasteiger partial charge in [0.05, 0.1) is 18.6 Å². The summed E-state index contributed by atoms with van der Waals surface area (Å²) in [5.41, 5.74) is 12.0. The summed E-state index contributed by atoms with van der Waals surface area (Å²) in [4.78, 5) is 22.8. The Morgan fingerprint density at radius 3 is 2.85 bits per heavy atom. The lowest BCUT2D eigenvalue weighted by Crippen LogP contribution is -2.43. The molecular formula is C15H22N6O5S. The van der Waals surface area contributed by atoms with Crippen LogP contribution in [0.25, 0.3) is 11.2 Å². The predicted molar refractivity (Wildman–Crippen MR) is 96.3 cm³/mol. The number of imidazole rings is 1. The first kappa shape index (κ1) is 19.8. The van der Waals surface area contributed by atoms with Crippen molar-refractivity contribution in [2.45, 2.75) is 37.0 Å². The van der Waals surface area contributed by atoms with Crippen LogP contribution in [0.5, 0.6) is 0 Å². The van der Waals surface area contributed by atoms with Crippen LogP contribution in [0.15, 0.2) is 12.7 Å². The number of carboxylic acids is 1. The van der Waals surface area contributed by atoms with Crippen molar-refractivity contribution < 1.29 is 24.9 Å². The van der Waals surface area contributed by atoms with Gasteiger partial charge in [0.25, 0.3) is 0 Å².